The largest absolute Gasteiger partial charge is 0.454 e. The van der Waals surface area contributed by atoms with E-state index >= 15 is 0 Å². The van der Waals surface area contributed by atoms with Gasteiger partial charge in [-0.3, -0.25) is 4.79 Å². The van der Waals surface area contributed by atoms with Crippen molar-refractivity contribution in [2.75, 3.05) is 11.9 Å². The van der Waals surface area contributed by atoms with Crippen LogP contribution in [0.15, 0.2) is 48.7 Å². The van der Waals surface area contributed by atoms with Crippen molar-refractivity contribution < 1.29 is 19.1 Å². The summed E-state index contributed by atoms with van der Waals surface area (Å²) in [6, 6.07) is 10.3. The van der Waals surface area contributed by atoms with Crippen LogP contribution in [0.4, 0.5) is 10.5 Å². The zero-order chi connectivity index (χ0) is 18.9. The van der Waals surface area contributed by atoms with Crippen molar-refractivity contribution in [1.82, 2.24) is 10.3 Å². The van der Waals surface area contributed by atoms with Gasteiger partial charge in [0.05, 0.1) is 5.69 Å². The summed E-state index contributed by atoms with van der Waals surface area (Å²) in [6.45, 7) is -0.546. The fourth-order valence-corrected chi connectivity index (χ4v) is 2.28. The molecule has 0 fully saturated rings. The standard InChI is InChI=1S/C17H17ClN4O4/c18-15-12(7-4-8-20-15)21-14(23)10-26-16(24)13(22-17(19)25)9-11-5-2-1-3-6-11/h1-8,13H,9-10H2,(H,21,23)(H3,19,22,25)/t13-/m0/s1. The van der Waals surface area contributed by atoms with Gasteiger partial charge in [0, 0.05) is 12.6 Å². The molecule has 26 heavy (non-hydrogen) atoms. The number of primary amides is 1. The number of anilines is 1. The van der Waals surface area contributed by atoms with Gasteiger partial charge in [-0.2, -0.15) is 0 Å². The highest BCUT2D eigenvalue weighted by Crippen LogP contribution is 2.17. The average Bonchev–Trinajstić information content (AvgIpc) is 2.61. The first-order valence-corrected chi connectivity index (χ1v) is 8.00. The molecular formula is C17H17ClN4O4. The van der Waals surface area contributed by atoms with Gasteiger partial charge < -0.3 is 21.1 Å². The third kappa shape index (κ3) is 6.06. The van der Waals surface area contributed by atoms with Crippen LogP contribution in [-0.2, 0) is 20.7 Å². The van der Waals surface area contributed by atoms with E-state index in [4.69, 9.17) is 22.1 Å². The molecule has 0 bridgehead atoms. The number of esters is 1. The number of halogens is 1. The molecule has 8 nitrogen and oxygen atoms in total. The number of nitrogens with zero attached hydrogens (tertiary/aromatic N) is 1. The van der Waals surface area contributed by atoms with Gasteiger partial charge in [-0.1, -0.05) is 41.9 Å². The average molecular weight is 377 g/mol. The van der Waals surface area contributed by atoms with Crippen molar-refractivity contribution in [3.8, 4) is 0 Å². The Balaban J connectivity index is 1.92. The molecule has 2 aromatic rings. The summed E-state index contributed by atoms with van der Waals surface area (Å²) < 4.78 is 4.97. The molecule has 0 aliphatic rings. The summed E-state index contributed by atoms with van der Waals surface area (Å²) in [5.41, 5.74) is 6.20. The lowest BCUT2D eigenvalue weighted by atomic mass is 10.1. The van der Waals surface area contributed by atoms with Crippen molar-refractivity contribution in [3.63, 3.8) is 0 Å². The van der Waals surface area contributed by atoms with Crippen molar-refractivity contribution in [3.05, 3.63) is 59.4 Å². The van der Waals surface area contributed by atoms with Crippen LogP contribution in [0.5, 0.6) is 0 Å². The summed E-state index contributed by atoms with van der Waals surface area (Å²) in [7, 11) is 0. The fraction of sp³-hybridized carbons (Fsp3) is 0.176. The van der Waals surface area contributed by atoms with Gasteiger partial charge in [0.1, 0.15) is 6.04 Å². The second kappa shape index (κ2) is 9.38. The minimum Gasteiger partial charge on any atom is -0.454 e. The Kier molecular flexibility index (Phi) is 6.92. The van der Waals surface area contributed by atoms with E-state index < -0.39 is 30.6 Å². The van der Waals surface area contributed by atoms with Crippen LogP contribution in [0.1, 0.15) is 5.56 Å². The number of hydrogen-bond acceptors (Lipinski definition) is 5. The Labute approximate surface area is 154 Å². The monoisotopic (exact) mass is 376 g/mol. The van der Waals surface area contributed by atoms with Crippen molar-refractivity contribution in [1.29, 1.82) is 0 Å². The number of nitrogens with two attached hydrogens (primary N) is 1. The Morgan fingerprint density at radius 2 is 1.88 bits per heavy atom. The summed E-state index contributed by atoms with van der Waals surface area (Å²) >= 11 is 5.83. The second-order valence-corrected chi connectivity index (χ2v) is 5.61. The summed E-state index contributed by atoms with van der Waals surface area (Å²) in [5, 5.41) is 4.90. The van der Waals surface area contributed by atoms with Crippen LogP contribution in [0.3, 0.4) is 0 Å². The van der Waals surface area contributed by atoms with Gasteiger partial charge in [0.2, 0.25) is 0 Å². The number of rotatable bonds is 7. The number of nitrogens with one attached hydrogen (secondary N) is 2. The molecule has 9 heteroatoms. The van der Waals surface area contributed by atoms with Crippen molar-refractivity contribution in [2.45, 2.75) is 12.5 Å². The predicted molar refractivity (Wildman–Crippen MR) is 95.5 cm³/mol. The number of ether oxygens (including phenoxy) is 1. The minimum absolute atomic E-state index is 0.115. The van der Waals surface area contributed by atoms with Crippen molar-refractivity contribution >= 4 is 35.2 Å². The number of pyridine rings is 1. The smallest absolute Gasteiger partial charge is 0.329 e. The molecule has 136 valence electrons. The van der Waals surface area contributed by atoms with Gasteiger partial charge in [-0.25, -0.2) is 14.6 Å². The number of amides is 3. The molecule has 0 saturated heterocycles. The molecule has 1 atom stereocenters. The second-order valence-electron chi connectivity index (χ2n) is 5.25. The number of hydrogen-bond donors (Lipinski definition) is 3. The maximum absolute atomic E-state index is 12.2. The Hall–Kier alpha value is -3.13. The Bertz CT molecular complexity index is 785. The van der Waals surface area contributed by atoms with E-state index in [1.54, 1.807) is 36.4 Å². The zero-order valence-corrected chi connectivity index (χ0v) is 14.4. The third-order valence-electron chi connectivity index (χ3n) is 3.26. The maximum Gasteiger partial charge on any atom is 0.329 e. The van der Waals surface area contributed by atoms with E-state index in [2.05, 4.69) is 15.6 Å². The first-order valence-electron chi connectivity index (χ1n) is 7.62. The Morgan fingerprint density at radius 1 is 1.15 bits per heavy atom. The van der Waals surface area contributed by atoms with Crippen LogP contribution in [-0.4, -0.2) is 35.5 Å². The van der Waals surface area contributed by atoms with Crippen LogP contribution >= 0.6 is 11.6 Å². The number of aromatic nitrogens is 1. The van der Waals surface area contributed by atoms with Crippen LogP contribution in [0.2, 0.25) is 5.15 Å². The summed E-state index contributed by atoms with van der Waals surface area (Å²) in [5.74, 6) is -1.37. The maximum atomic E-state index is 12.2. The molecule has 1 heterocycles. The lowest BCUT2D eigenvalue weighted by molar-refractivity contribution is -0.149. The van der Waals surface area contributed by atoms with E-state index in [9.17, 15) is 14.4 Å². The highest BCUT2D eigenvalue weighted by Gasteiger charge is 2.23. The number of carbonyl (C=O) groups is 3. The molecule has 1 aromatic carbocycles. The molecule has 0 radical (unpaired) electrons. The number of carbonyl (C=O) groups excluding carboxylic acids is 3. The highest BCUT2D eigenvalue weighted by atomic mass is 35.5. The molecule has 0 aliphatic heterocycles. The third-order valence-corrected chi connectivity index (χ3v) is 3.56. The van der Waals surface area contributed by atoms with Crippen LogP contribution in [0.25, 0.3) is 0 Å². The van der Waals surface area contributed by atoms with E-state index in [0.29, 0.717) is 5.69 Å². The molecule has 0 spiro atoms. The molecule has 0 saturated carbocycles. The Morgan fingerprint density at radius 3 is 2.54 bits per heavy atom. The van der Waals surface area contributed by atoms with E-state index in [1.165, 1.54) is 6.20 Å². The molecule has 0 aliphatic carbocycles. The first kappa shape index (κ1) is 19.2. The number of benzene rings is 1. The van der Waals surface area contributed by atoms with Gasteiger partial charge in [0.15, 0.2) is 11.8 Å². The van der Waals surface area contributed by atoms with E-state index in [0.717, 1.165) is 5.56 Å². The summed E-state index contributed by atoms with van der Waals surface area (Å²) in [4.78, 5) is 39.0. The fourth-order valence-electron chi connectivity index (χ4n) is 2.12. The molecule has 1 aromatic heterocycles. The minimum atomic E-state index is -1.01. The zero-order valence-electron chi connectivity index (χ0n) is 13.6. The lowest BCUT2D eigenvalue weighted by Crippen LogP contribution is -2.46. The first-order chi connectivity index (χ1) is 12.5. The van der Waals surface area contributed by atoms with E-state index in [-0.39, 0.29) is 11.6 Å². The SMILES string of the molecule is NC(=O)N[C@@H](Cc1ccccc1)C(=O)OCC(=O)Nc1cccnc1Cl. The lowest BCUT2D eigenvalue weighted by Gasteiger charge is -2.16. The van der Waals surface area contributed by atoms with Gasteiger partial charge in [-0.15, -0.1) is 0 Å². The van der Waals surface area contributed by atoms with Crippen LogP contribution < -0.4 is 16.4 Å². The topological polar surface area (TPSA) is 123 Å². The molecule has 2 rings (SSSR count). The summed E-state index contributed by atoms with van der Waals surface area (Å²) in [6.07, 6.45) is 1.65. The molecular weight excluding hydrogens is 360 g/mol. The van der Waals surface area contributed by atoms with Gasteiger partial charge in [0.25, 0.3) is 5.91 Å². The quantitative estimate of drug-likeness (QED) is 0.499. The highest BCUT2D eigenvalue weighted by molar-refractivity contribution is 6.32. The van der Waals surface area contributed by atoms with Crippen LogP contribution in [0, 0.1) is 0 Å². The molecule has 3 amide bonds. The normalized spacial score (nSPS) is 11.3. The van der Waals surface area contributed by atoms with E-state index in [1.807, 2.05) is 6.07 Å². The number of urea groups is 1. The van der Waals surface area contributed by atoms with Gasteiger partial charge in [-0.05, 0) is 17.7 Å². The van der Waals surface area contributed by atoms with Gasteiger partial charge >= 0.3 is 12.0 Å². The van der Waals surface area contributed by atoms with Crippen molar-refractivity contribution in [2.24, 2.45) is 5.73 Å². The molecule has 0 unspecified atom stereocenters. The predicted octanol–water partition coefficient (Wildman–Crippen LogP) is 1.50. The molecule has 4 N–H and O–H groups in total.